The highest BCUT2D eigenvalue weighted by atomic mass is 32.2. The third-order valence-corrected chi connectivity index (χ3v) is 5.10. The van der Waals surface area contributed by atoms with E-state index in [1.54, 1.807) is 18.4 Å². The summed E-state index contributed by atoms with van der Waals surface area (Å²) in [5.41, 5.74) is 1.14. The van der Waals surface area contributed by atoms with Crippen LogP contribution in [0.15, 0.2) is 40.1 Å². The van der Waals surface area contributed by atoms with Crippen LogP contribution in [-0.4, -0.2) is 26.5 Å². The van der Waals surface area contributed by atoms with Gasteiger partial charge in [-0.3, -0.25) is 0 Å². The maximum Gasteiger partial charge on any atom is 0.241 e. The SMILES string of the molecule is CNc1cc(S(=O)(=O)NC(C)Cc2ccsc2)ccn1. The Labute approximate surface area is 123 Å². The molecule has 0 aliphatic heterocycles. The lowest BCUT2D eigenvalue weighted by Crippen LogP contribution is -2.34. The number of thiophene rings is 1. The van der Waals surface area contributed by atoms with Gasteiger partial charge in [-0.2, -0.15) is 11.3 Å². The molecule has 5 nitrogen and oxygen atoms in total. The fourth-order valence-corrected chi connectivity index (χ4v) is 3.79. The minimum absolute atomic E-state index is 0.166. The van der Waals surface area contributed by atoms with Gasteiger partial charge in [-0.05, 0) is 41.8 Å². The molecule has 0 aliphatic rings. The predicted molar refractivity (Wildman–Crippen MR) is 81.6 cm³/mol. The number of sulfonamides is 1. The second kappa shape index (κ2) is 6.34. The van der Waals surface area contributed by atoms with Crippen molar-refractivity contribution in [2.75, 3.05) is 12.4 Å². The van der Waals surface area contributed by atoms with Crippen LogP contribution in [-0.2, 0) is 16.4 Å². The quantitative estimate of drug-likeness (QED) is 0.857. The van der Waals surface area contributed by atoms with Gasteiger partial charge in [0, 0.05) is 25.4 Å². The first-order chi connectivity index (χ1) is 9.51. The van der Waals surface area contributed by atoms with Crippen molar-refractivity contribution < 1.29 is 8.42 Å². The molecule has 7 heteroatoms. The summed E-state index contributed by atoms with van der Waals surface area (Å²) in [6.07, 6.45) is 2.15. The summed E-state index contributed by atoms with van der Waals surface area (Å²) < 4.78 is 27.2. The van der Waals surface area contributed by atoms with Gasteiger partial charge in [-0.1, -0.05) is 0 Å². The van der Waals surface area contributed by atoms with Crippen LogP contribution in [0.3, 0.4) is 0 Å². The van der Waals surface area contributed by atoms with Gasteiger partial charge in [0.25, 0.3) is 0 Å². The standard InChI is InChI=1S/C13H17N3O2S2/c1-10(7-11-4-6-19-9-11)16-20(17,18)12-3-5-15-13(8-12)14-2/h3-6,8-10,16H,7H2,1-2H3,(H,14,15). The third-order valence-electron chi connectivity index (χ3n) is 2.78. The topological polar surface area (TPSA) is 71.1 Å². The van der Waals surface area contributed by atoms with E-state index < -0.39 is 10.0 Å². The molecule has 2 heterocycles. The molecule has 2 aromatic rings. The second-order valence-electron chi connectivity index (χ2n) is 4.48. The molecule has 2 N–H and O–H groups in total. The molecule has 2 aromatic heterocycles. The molecule has 108 valence electrons. The first-order valence-electron chi connectivity index (χ1n) is 6.18. The van der Waals surface area contributed by atoms with Crippen molar-refractivity contribution in [3.8, 4) is 0 Å². The molecule has 0 spiro atoms. The number of rotatable bonds is 6. The molecule has 0 amide bonds. The van der Waals surface area contributed by atoms with Crippen molar-refractivity contribution in [1.29, 1.82) is 0 Å². The Balaban J connectivity index is 2.10. The van der Waals surface area contributed by atoms with Gasteiger partial charge in [0.1, 0.15) is 5.82 Å². The molecule has 20 heavy (non-hydrogen) atoms. The van der Waals surface area contributed by atoms with Crippen LogP contribution >= 0.6 is 11.3 Å². The molecule has 1 unspecified atom stereocenters. The zero-order chi connectivity index (χ0) is 14.6. The highest BCUT2D eigenvalue weighted by Gasteiger charge is 2.18. The summed E-state index contributed by atoms with van der Waals surface area (Å²) in [6, 6.07) is 4.84. The number of hydrogen-bond donors (Lipinski definition) is 2. The summed E-state index contributed by atoms with van der Waals surface area (Å²) in [6.45, 7) is 1.86. The fourth-order valence-electron chi connectivity index (χ4n) is 1.85. The summed E-state index contributed by atoms with van der Waals surface area (Å²) in [5.74, 6) is 0.526. The van der Waals surface area contributed by atoms with Crippen LogP contribution in [0.25, 0.3) is 0 Å². The lowest BCUT2D eigenvalue weighted by molar-refractivity contribution is 0.560. The van der Waals surface area contributed by atoms with Crippen molar-refractivity contribution in [2.45, 2.75) is 24.3 Å². The molecular formula is C13H17N3O2S2. The van der Waals surface area contributed by atoms with Crippen molar-refractivity contribution in [3.05, 3.63) is 40.7 Å². The zero-order valence-corrected chi connectivity index (χ0v) is 13.0. The Morgan fingerprint density at radius 3 is 2.85 bits per heavy atom. The number of aromatic nitrogens is 1. The Hall–Kier alpha value is -1.44. The number of nitrogens with zero attached hydrogens (tertiary/aromatic N) is 1. The van der Waals surface area contributed by atoms with Crippen molar-refractivity contribution in [3.63, 3.8) is 0 Å². The van der Waals surface area contributed by atoms with E-state index in [2.05, 4.69) is 15.0 Å². The van der Waals surface area contributed by atoms with Gasteiger partial charge in [0.05, 0.1) is 4.90 Å². The Morgan fingerprint density at radius 2 is 2.20 bits per heavy atom. The van der Waals surface area contributed by atoms with Gasteiger partial charge >= 0.3 is 0 Å². The summed E-state index contributed by atoms with van der Waals surface area (Å²) in [7, 11) is -1.82. The Morgan fingerprint density at radius 1 is 1.40 bits per heavy atom. The lowest BCUT2D eigenvalue weighted by Gasteiger charge is -2.14. The number of anilines is 1. The van der Waals surface area contributed by atoms with Gasteiger partial charge in [0.2, 0.25) is 10.0 Å². The van der Waals surface area contributed by atoms with Crippen molar-refractivity contribution in [1.82, 2.24) is 9.71 Å². The summed E-state index contributed by atoms with van der Waals surface area (Å²) in [5, 5.41) is 6.84. The summed E-state index contributed by atoms with van der Waals surface area (Å²) in [4.78, 5) is 4.23. The Bertz CT molecular complexity index is 654. The van der Waals surface area contributed by atoms with Crippen LogP contribution < -0.4 is 10.0 Å². The van der Waals surface area contributed by atoms with Crippen LogP contribution in [0, 0.1) is 0 Å². The minimum Gasteiger partial charge on any atom is -0.373 e. The van der Waals surface area contributed by atoms with Crippen LogP contribution in [0.4, 0.5) is 5.82 Å². The van der Waals surface area contributed by atoms with E-state index in [1.165, 1.54) is 18.3 Å². The highest BCUT2D eigenvalue weighted by Crippen LogP contribution is 2.14. The van der Waals surface area contributed by atoms with Gasteiger partial charge < -0.3 is 5.32 Å². The van der Waals surface area contributed by atoms with E-state index in [9.17, 15) is 8.42 Å². The largest absolute Gasteiger partial charge is 0.373 e. The second-order valence-corrected chi connectivity index (χ2v) is 6.98. The molecule has 0 aromatic carbocycles. The van der Waals surface area contributed by atoms with Crippen molar-refractivity contribution in [2.24, 2.45) is 0 Å². The van der Waals surface area contributed by atoms with E-state index in [0.717, 1.165) is 5.56 Å². The molecule has 0 saturated heterocycles. The van der Waals surface area contributed by atoms with Gasteiger partial charge in [0.15, 0.2) is 0 Å². The first-order valence-corrected chi connectivity index (χ1v) is 8.61. The molecule has 1 atom stereocenters. The van der Waals surface area contributed by atoms with Crippen LogP contribution in [0.2, 0.25) is 0 Å². The van der Waals surface area contributed by atoms with E-state index >= 15 is 0 Å². The van der Waals surface area contributed by atoms with E-state index in [-0.39, 0.29) is 10.9 Å². The molecular weight excluding hydrogens is 294 g/mol. The highest BCUT2D eigenvalue weighted by molar-refractivity contribution is 7.89. The summed E-state index contributed by atoms with van der Waals surface area (Å²) >= 11 is 1.61. The number of nitrogens with one attached hydrogen (secondary N) is 2. The first kappa shape index (κ1) is 15.0. The average molecular weight is 311 g/mol. The molecule has 0 aliphatic carbocycles. The predicted octanol–water partition coefficient (Wildman–Crippen LogP) is 2.09. The molecule has 2 rings (SSSR count). The third kappa shape index (κ3) is 3.78. The lowest BCUT2D eigenvalue weighted by atomic mass is 10.1. The zero-order valence-electron chi connectivity index (χ0n) is 11.3. The molecule has 0 bridgehead atoms. The molecule has 0 fully saturated rings. The van der Waals surface area contributed by atoms with E-state index in [1.807, 2.05) is 23.8 Å². The fraction of sp³-hybridized carbons (Fsp3) is 0.308. The minimum atomic E-state index is -3.52. The maximum atomic E-state index is 12.3. The van der Waals surface area contributed by atoms with Crippen LogP contribution in [0.1, 0.15) is 12.5 Å². The average Bonchev–Trinajstić information content (AvgIpc) is 2.91. The van der Waals surface area contributed by atoms with E-state index in [0.29, 0.717) is 12.2 Å². The van der Waals surface area contributed by atoms with Gasteiger partial charge in [-0.15, -0.1) is 0 Å². The normalized spacial score (nSPS) is 13.1. The number of pyridine rings is 1. The maximum absolute atomic E-state index is 12.3. The van der Waals surface area contributed by atoms with Gasteiger partial charge in [-0.25, -0.2) is 18.1 Å². The van der Waals surface area contributed by atoms with Crippen LogP contribution in [0.5, 0.6) is 0 Å². The molecule has 0 radical (unpaired) electrons. The monoisotopic (exact) mass is 311 g/mol. The Kier molecular flexibility index (Phi) is 4.74. The molecule has 0 saturated carbocycles. The van der Waals surface area contributed by atoms with E-state index in [4.69, 9.17) is 0 Å². The van der Waals surface area contributed by atoms with Crippen molar-refractivity contribution >= 4 is 27.2 Å². The smallest absolute Gasteiger partial charge is 0.241 e. The number of hydrogen-bond acceptors (Lipinski definition) is 5.